The van der Waals surface area contributed by atoms with Gasteiger partial charge < -0.3 is 15.4 Å². The molecular weight excluding hydrogens is 448 g/mol. The lowest BCUT2D eigenvalue weighted by molar-refractivity contribution is -0.387. The smallest absolute Gasteiger partial charge is 0.323 e. The number of sulfonamides is 1. The first-order chi connectivity index (χ1) is 15.7. The van der Waals surface area contributed by atoms with Crippen molar-refractivity contribution in [2.45, 2.75) is 17.9 Å². The van der Waals surface area contributed by atoms with E-state index in [0.29, 0.717) is 16.9 Å². The summed E-state index contributed by atoms with van der Waals surface area (Å²) >= 11 is 0. The van der Waals surface area contributed by atoms with Crippen LogP contribution in [-0.2, 0) is 10.0 Å². The molecule has 0 bridgehead atoms. The molecule has 0 fully saturated rings. The number of ether oxygens (including phenoxy) is 1. The molecule has 10 nitrogen and oxygen atoms in total. The zero-order chi connectivity index (χ0) is 24.0. The van der Waals surface area contributed by atoms with Crippen LogP contribution in [0.3, 0.4) is 0 Å². The summed E-state index contributed by atoms with van der Waals surface area (Å²) in [4.78, 5) is 22.2. The normalized spacial score (nSPS) is 11.9. The number of anilines is 2. The van der Waals surface area contributed by atoms with Gasteiger partial charge in [0.25, 0.3) is 5.69 Å². The molecule has 0 heterocycles. The van der Waals surface area contributed by atoms with Gasteiger partial charge in [-0.05, 0) is 48.9 Å². The summed E-state index contributed by atoms with van der Waals surface area (Å²) in [6.45, 7) is 1.61. The summed E-state index contributed by atoms with van der Waals surface area (Å²) in [5.41, 5.74) is 1.16. The first-order valence-corrected chi connectivity index (χ1v) is 11.3. The molecule has 1 atom stereocenters. The van der Waals surface area contributed by atoms with E-state index in [1.807, 2.05) is 6.07 Å². The Balaban J connectivity index is 1.69. The predicted octanol–water partition coefficient (Wildman–Crippen LogP) is 4.29. The van der Waals surface area contributed by atoms with E-state index in [1.54, 1.807) is 55.5 Å². The summed E-state index contributed by atoms with van der Waals surface area (Å²) < 4.78 is 33.0. The van der Waals surface area contributed by atoms with Crippen LogP contribution in [0.4, 0.5) is 21.9 Å². The average Bonchev–Trinajstić information content (AvgIpc) is 2.79. The second-order valence-corrected chi connectivity index (χ2v) is 8.68. The molecule has 0 aliphatic heterocycles. The van der Waals surface area contributed by atoms with Gasteiger partial charge in [0.15, 0.2) is 4.90 Å². The van der Waals surface area contributed by atoms with Gasteiger partial charge in [-0.3, -0.25) is 10.1 Å². The molecule has 0 radical (unpaired) electrons. The molecule has 0 aromatic heterocycles. The number of hydrogen-bond acceptors (Lipinski definition) is 6. The number of rotatable bonds is 8. The fourth-order valence-electron chi connectivity index (χ4n) is 3.03. The number of nitro groups is 1. The zero-order valence-electron chi connectivity index (χ0n) is 17.8. The van der Waals surface area contributed by atoms with Gasteiger partial charge in [0.2, 0.25) is 10.0 Å². The van der Waals surface area contributed by atoms with Gasteiger partial charge in [-0.15, -0.1) is 0 Å². The Labute approximate surface area is 190 Å². The van der Waals surface area contributed by atoms with Gasteiger partial charge in [-0.25, -0.2) is 17.9 Å². The number of methoxy groups -OCH3 is 1. The van der Waals surface area contributed by atoms with E-state index in [4.69, 9.17) is 4.74 Å². The van der Waals surface area contributed by atoms with Crippen molar-refractivity contribution in [3.05, 3.63) is 88.5 Å². The Morgan fingerprint density at radius 1 is 0.970 bits per heavy atom. The van der Waals surface area contributed by atoms with E-state index in [-0.39, 0.29) is 5.75 Å². The summed E-state index contributed by atoms with van der Waals surface area (Å²) in [6, 6.07) is 17.9. The van der Waals surface area contributed by atoms with Crippen LogP contribution in [0, 0.1) is 10.1 Å². The molecule has 3 rings (SSSR count). The van der Waals surface area contributed by atoms with Crippen molar-refractivity contribution in [1.29, 1.82) is 0 Å². The second-order valence-electron chi connectivity index (χ2n) is 7.00. The van der Waals surface area contributed by atoms with E-state index < -0.39 is 37.6 Å². The number of nitrogens with zero attached hydrogens (tertiary/aromatic N) is 1. The topological polar surface area (TPSA) is 140 Å². The van der Waals surface area contributed by atoms with Crippen molar-refractivity contribution < 1.29 is 22.9 Å². The van der Waals surface area contributed by atoms with Gasteiger partial charge in [0, 0.05) is 17.4 Å². The average molecular weight is 471 g/mol. The molecule has 3 aromatic carbocycles. The molecular formula is C22H22N4O6S. The van der Waals surface area contributed by atoms with Crippen molar-refractivity contribution in [1.82, 2.24) is 4.72 Å². The van der Waals surface area contributed by atoms with E-state index in [1.165, 1.54) is 13.2 Å². The van der Waals surface area contributed by atoms with Crippen LogP contribution in [0.5, 0.6) is 5.75 Å². The summed E-state index contributed by atoms with van der Waals surface area (Å²) in [5, 5.41) is 16.7. The number of nitrogens with one attached hydrogen (secondary N) is 3. The maximum Gasteiger partial charge on any atom is 0.323 e. The minimum atomic E-state index is -4.20. The summed E-state index contributed by atoms with van der Waals surface area (Å²) in [7, 11) is -2.87. The molecule has 1 unspecified atom stereocenters. The number of benzene rings is 3. The van der Waals surface area contributed by atoms with Crippen LogP contribution < -0.4 is 20.1 Å². The highest BCUT2D eigenvalue weighted by atomic mass is 32.2. The Bertz CT molecular complexity index is 1250. The molecule has 0 saturated heterocycles. The lowest BCUT2D eigenvalue weighted by atomic mass is 10.1. The van der Waals surface area contributed by atoms with Gasteiger partial charge in [0.1, 0.15) is 5.75 Å². The number of para-hydroxylation sites is 1. The standard InChI is InChI=1S/C22H22N4O6S/c1-15(25-33(30,31)21-13-12-19(32-2)14-20(21)26(28)29)16-8-10-18(11-9-16)24-22(27)23-17-6-4-3-5-7-17/h3-15,25H,1-2H3,(H2,23,24,27). The van der Waals surface area contributed by atoms with E-state index >= 15 is 0 Å². The molecule has 0 aliphatic rings. The van der Waals surface area contributed by atoms with Gasteiger partial charge in [-0.2, -0.15) is 0 Å². The minimum Gasteiger partial charge on any atom is -0.497 e. The predicted molar refractivity (Wildman–Crippen MR) is 124 cm³/mol. The van der Waals surface area contributed by atoms with Crippen LogP contribution >= 0.6 is 0 Å². The van der Waals surface area contributed by atoms with E-state index in [2.05, 4.69) is 15.4 Å². The van der Waals surface area contributed by atoms with Gasteiger partial charge >= 0.3 is 6.03 Å². The Hall–Kier alpha value is -3.96. The maximum absolute atomic E-state index is 12.8. The monoisotopic (exact) mass is 470 g/mol. The fraction of sp³-hybridized carbons (Fsp3) is 0.136. The van der Waals surface area contributed by atoms with Crippen LogP contribution in [0.15, 0.2) is 77.7 Å². The first-order valence-electron chi connectivity index (χ1n) is 9.77. The molecule has 3 N–H and O–H groups in total. The lowest BCUT2D eigenvalue weighted by Crippen LogP contribution is -2.27. The zero-order valence-corrected chi connectivity index (χ0v) is 18.6. The van der Waals surface area contributed by atoms with Crippen LogP contribution in [-0.4, -0.2) is 26.5 Å². The largest absolute Gasteiger partial charge is 0.497 e. The third-order valence-corrected chi connectivity index (χ3v) is 6.27. The third-order valence-electron chi connectivity index (χ3n) is 4.68. The highest BCUT2D eigenvalue weighted by molar-refractivity contribution is 7.89. The van der Waals surface area contributed by atoms with Crippen molar-refractivity contribution in [3.8, 4) is 5.75 Å². The highest BCUT2D eigenvalue weighted by Crippen LogP contribution is 2.29. The number of carbonyl (C=O) groups excluding carboxylic acids is 1. The molecule has 3 aromatic rings. The first kappa shape index (κ1) is 23.7. The molecule has 172 valence electrons. The maximum atomic E-state index is 12.8. The molecule has 11 heteroatoms. The summed E-state index contributed by atoms with van der Waals surface area (Å²) in [6.07, 6.45) is 0. The molecule has 0 spiro atoms. The van der Waals surface area contributed by atoms with E-state index in [9.17, 15) is 23.3 Å². The van der Waals surface area contributed by atoms with Crippen LogP contribution in [0.25, 0.3) is 0 Å². The number of urea groups is 1. The Kier molecular flexibility index (Phi) is 7.26. The van der Waals surface area contributed by atoms with Crippen LogP contribution in [0.1, 0.15) is 18.5 Å². The molecule has 2 amide bonds. The number of carbonyl (C=O) groups is 1. The number of hydrogen-bond donors (Lipinski definition) is 3. The number of amides is 2. The highest BCUT2D eigenvalue weighted by Gasteiger charge is 2.28. The third kappa shape index (κ3) is 6.05. The Morgan fingerprint density at radius 2 is 1.58 bits per heavy atom. The van der Waals surface area contributed by atoms with Crippen molar-refractivity contribution in [2.24, 2.45) is 0 Å². The van der Waals surface area contributed by atoms with E-state index in [0.717, 1.165) is 12.1 Å². The quantitative estimate of drug-likeness (QED) is 0.331. The Morgan fingerprint density at radius 3 is 2.15 bits per heavy atom. The summed E-state index contributed by atoms with van der Waals surface area (Å²) in [5.74, 6) is 0.174. The molecule has 33 heavy (non-hydrogen) atoms. The molecule has 0 saturated carbocycles. The van der Waals surface area contributed by atoms with Gasteiger partial charge in [-0.1, -0.05) is 30.3 Å². The fourth-order valence-corrected chi connectivity index (χ4v) is 4.41. The van der Waals surface area contributed by atoms with Crippen molar-refractivity contribution in [2.75, 3.05) is 17.7 Å². The minimum absolute atomic E-state index is 0.174. The van der Waals surface area contributed by atoms with Crippen molar-refractivity contribution >= 4 is 33.1 Å². The molecule has 0 aliphatic carbocycles. The van der Waals surface area contributed by atoms with Crippen molar-refractivity contribution in [3.63, 3.8) is 0 Å². The van der Waals surface area contributed by atoms with Crippen LogP contribution in [0.2, 0.25) is 0 Å². The SMILES string of the molecule is COc1ccc(S(=O)(=O)NC(C)c2ccc(NC(=O)Nc3ccccc3)cc2)c([N+](=O)[O-])c1. The second kappa shape index (κ2) is 10.1. The number of nitro benzene ring substituents is 1. The van der Waals surface area contributed by atoms with Gasteiger partial charge in [0.05, 0.1) is 18.1 Å². The lowest BCUT2D eigenvalue weighted by Gasteiger charge is -2.16.